The molecule has 1 heterocycles. The van der Waals surface area contributed by atoms with Crippen molar-refractivity contribution >= 4 is 5.97 Å². The van der Waals surface area contributed by atoms with Gasteiger partial charge in [-0.15, -0.1) is 0 Å². The molecule has 1 aromatic rings. The van der Waals surface area contributed by atoms with E-state index in [1.165, 1.54) is 0 Å². The molecule has 2 unspecified atom stereocenters. The van der Waals surface area contributed by atoms with E-state index < -0.39 is 11.6 Å². The summed E-state index contributed by atoms with van der Waals surface area (Å²) >= 11 is 0. The molecule has 3 heteroatoms. The van der Waals surface area contributed by atoms with Gasteiger partial charge in [0, 0.05) is 0 Å². The molecule has 1 aliphatic rings. The molecule has 14 heavy (non-hydrogen) atoms. The molecule has 1 fully saturated rings. The van der Waals surface area contributed by atoms with Crippen molar-refractivity contribution in [1.29, 1.82) is 0 Å². The third kappa shape index (κ3) is 1.13. The van der Waals surface area contributed by atoms with E-state index >= 15 is 0 Å². The van der Waals surface area contributed by atoms with Gasteiger partial charge >= 0.3 is 5.97 Å². The zero-order valence-electron chi connectivity index (χ0n) is 7.93. The molecular weight excluding hydrogens is 180 g/mol. The standard InChI is InChI=1S/C11H12O3/c1-2-9-11(14-9,10(12)13)8-6-4-3-5-7-8/h3-7,9H,2H2,1H3,(H,12,13). The second kappa shape index (κ2) is 3.10. The topological polar surface area (TPSA) is 49.8 Å². The maximum Gasteiger partial charge on any atom is 0.343 e. The molecule has 2 rings (SSSR count). The van der Waals surface area contributed by atoms with Crippen molar-refractivity contribution in [1.82, 2.24) is 0 Å². The summed E-state index contributed by atoms with van der Waals surface area (Å²) in [5.74, 6) is -0.893. The first-order chi connectivity index (χ1) is 6.71. The van der Waals surface area contributed by atoms with Crippen LogP contribution in [0.4, 0.5) is 0 Å². The molecule has 0 aromatic heterocycles. The van der Waals surface area contributed by atoms with Gasteiger partial charge in [0.1, 0.15) is 6.10 Å². The third-order valence-electron chi connectivity index (χ3n) is 2.62. The van der Waals surface area contributed by atoms with Gasteiger partial charge in [0.15, 0.2) is 0 Å². The second-order valence-corrected chi connectivity index (χ2v) is 3.42. The van der Waals surface area contributed by atoms with Crippen LogP contribution in [0.15, 0.2) is 30.3 Å². The molecule has 0 amide bonds. The first-order valence-electron chi connectivity index (χ1n) is 4.68. The minimum atomic E-state index is -1.07. The molecule has 0 bridgehead atoms. The SMILES string of the molecule is CCC1OC1(C(=O)O)c1ccccc1. The largest absolute Gasteiger partial charge is 0.479 e. The van der Waals surface area contributed by atoms with Crippen LogP contribution >= 0.6 is 0 Å². The Morgan fingerprint density at radius 3 is 2.57 bits per heavy atom. The summed E-state index contributed by atoms with van der Waals surface area (Å²) in [5, 5.41) is 9.13. The van der Waals surface area contributed by atoms with E-state index in [0.717, 1.165) is 12.0 Å². The number of epoxide rings is 1. The van der Waals surface area contributed by atoms with E-state index in [1.807, 2.05) is 25.1 Å². The van der Waals surface area contributed by atoms with Gasteiger partial charge in [-0.25, -0.2) is 4.79 Å². The highest BCUT2D eigenvalue weighted by molar-refractivity contribution is 5.83. The fraction of sp³-hybridized carbons (Fsp3) is 0.364. The predicted molar refractivity (Wildman–Crippen MR) is 50.9 cm³/mol. The van der Waals surface area contributed by atoms with Crippen LogP contribution in [0.3, 0.4) is 0 Å². The number of rotatable bonds is 3. The van der Waals surface area contributed by atoms with Crippen molar-refractivity contribution in [2.75, 3.05) is 0 Å². The molecule has 0 saturated carbocycles. The van der Waals surface area contributed by atoms with Gasteiger partial charge in [-0.1, -0.05) is 37.3 Å². The number of hydrogen-bond donors (Lipinski definition) is 1. The van der Waals surface area contributed by atoms with Gasteiger partial charge in [-0.2, -0.15) is 0 Å². The molecule has 1 saturated heterocycles. The Bertz CT molecular complexity index is 347. The first kappa shape index (κ1) is 9.21. The summed E-state index contributed by atoms with van der Waals surface area (Å²) in [7, 11) is 0. The van der Waals surface area contributed by atoms with Crippen LogP contribution in [0.5, 0.6) is 0 Å². The smallest absolute Gasteiger partial charge is 0.343 e. The zero-order chi connectivity index (χ0) is 10.2. The minimum absolute atomic E-state index is 0.178. The van der Waals surface area contributed by atoms with Gasteiger partial charge in [-0.3, -0.25) is 0 Å². The average molecular weight is 192 g/mol. The van der Waals surface area contributed by atoms with E-state index in [9.17, 15) is 4.79 Å². The Labute approximate surface area is 82.3 Å². The van der Waals surface area contributed by atoms with Gasteiger partial charge in [0.05, 0.1) is 0 Å². The Balaban J connectivity index is 2.36. The maximum absolute atomic E-state index is 11.1. The zero-order valence-corrected chi connectivity index (χ0v) is 7.93. The van der Waals surface area contributed by atoms with Crippen LogP contribution in [-0.2, 0) is 15.1 Å². The van der Waals surface area contributed by atoms with Crippen LogP contribution in [0.1, 0.15) is 18.9 Å². The summed E-state index contributed by atoms with van der Waals surface area (Å²) in [6, 6.07) is 9.11. The van der Waals surface area contributed by atoms with E-state index in [-0.39, 0.29) is 6.10 Å². The number of aliphatic carboxylic acids is 1. The number of carboxylic acid groups (broad SMARTS) is 1. The number of carboxylic acids is 1. The quantitative estimate of drug-likeness (QED) is 0.742. The number of hydrogen-bond acceptors (Lipinski definition) is 2. The lowest BCUT2D eigenvalue weighted by Crippen LogP contribution is -2.24. The van der Waals surface area contributed by atoms with Crippen molar-refractivity contribution < 1.29 is 14.6 Å². The third-order valence-corrected chi connectivity index (χ3v) is 2.62. The van der Waals surface area contributed by atoms with Gasteiger partial charge < -0.3 is 9.84 Å². The average Bonchev–Trinajstić information content (AvgIpc) is 2.94. The van der Waals surface area contributed by atoms with Crippen LogP contribution in [0.2, 0.25) is 0 Å². The summed E-state index contributed by atoms with van der Waals surface area (Å²) in [6.07, 6.45) is 0.545. The molecule has 0 radical (unpaired) electrons. The number of ether oxygens (including phenoxy) is 1. The summed E-state index contributed by atoms with van der Waals surface area (Å²) < 4.78 is 5.30. The predicted octanol–water partition coefficient (Wildman–Crippen LogP) is 1.78. The molecule has 74 valence electrons. The Kier molecular flexibility index (Phi) is 2.04. The monoisotopic (exact) mass is 192 g/mol. The number of carbonyl (C=O) groups is 1. The molecule has 3 nitrogen and oxygen atoms in total. The molecule has 1 aliphatic heterocycles. The lowest BCUT2D eigenvalue weighted by atomic mass is 9.94. The Hall–Kier alpha value is -1.35. The van der Waals surface area contributed by atoms with Crippen LogP contribution in [0, 0.1) is 0 Å². The minimum Gasteiger partial charge on any atom is -0.479 e. The van der Waals surface area contributed by atoms with Crippen LogP contribution in [-0.4, -0.2) is 17.2 Å². The summed E-state index contributed by atoms with van der Waals surface area (Å²) in [5.41, 5.74) is -0.338. The highest BCUT2D eigenvalue weighted by atomic mass is 16.6. The lowest BCUT2D eigenvalue weighted by molar-refractivity contribution is -0.143. The van der Waals surface area contributed by atoms with Crippen molar-refractivity contribution in [3.8, 4) is 0 Å². The van der Waals surface area contributed by atoms with E-state index in [4.69, 9.17) is 9.84 Å². The van der Waals surface area contributed by atoms with Crippen molar-refractivity contribution in [2.45, 2.75) is 25.0 Å². The summed E-state index contributed by atoms with van der Waals surface area (Å²) in [6.45, 7) is 1.93. The fourth-order valence-electron chi connectivity index (χ4n) is 1.81. The molecule has 1 aromatic carbocycles. The molecular formula is C11H12O3. The van der Waals surface area contributed by atoms with Crippen molar-refractivity contribution in [3.05, 3.63) is 35.9 Å². The Morgan fingerprint density at radius 1 is 1.50 bits per heavy atom. The summed E-state index contributed by atoms with van der Waals surface area (Å²) in [4.78, 5) is 11.1. The van der Waals surface area contributed by atoms with Crippen LogP contribution in [0.25, 0.3) is 0 Å². The van der Waals surface area contributed by atoms with E-state index in [1.54, 1.807) is 12.1 Å². The number of benzene rings is 1. The van der Waals surface area contributed by atoms with E-state index in [2.05, 4.69) is 0 Å². The van der Waals surface area contributed by atoms with Gasteiger partial charge in [-0.05, 0) is 12.0 Å². The highest BCUT2D eigenvalue weighted by Crippen LogP contribution is 2.48. The Morgan fingerprint density at radius 2 is 2.14 bits per heavy atom. The van der Waals surface area contributed by atoms with Gasteiger partial charge in [0.25, 0.3) is 0 Å². The fourth-order valence-corrected chi connectivity index (χ4v) is 1.81. The first-order valence-corrected chi connectivity index (χ1v) is 4.68. The van der Waals surface area contributed by atoms with E-state index in [0.29, 0.717) is 0 Å². The molecule has 2 atom stereocenters. The molecule has 0 spiro atoms. The van der Waals surface area contributed by atoms with Crippen molar-refractivity contribution in [2.24, 2.45) is 0 Å². The van der Waals surface area contributed by atoms with Crippen molar-refractivity contribution in [3.63, 3.8) is 0 Å². The molecule has 1 N–H and O–H groups in total. The normalized spacial score (nSPS) is 29.9. The van der Waals surface area contributed by atoms with Crippen LogP contribution < -0.4 is 0 Å². The molecule has 0 aliphatic carbocycles. The maximum atomic E-state index is 11.1. The van der Waals surface area contributed by atoms with Gasteiger partial charge in [0.2, 0.25) is 5.60 Å². The lowest BCUT2D eigenvalue weighted by Gasteiger charge is -2.06. The second-order valence-electron chi connectivity index (χ2n) is 3.42. The highest BCUT2D eigenvalue weighted by Gasteiger charge is 2.63.